The van der Waals surface area contributed by atoms with Gasteiger partial charge in [-0.25, -0.2) is 17.9 Å². The predicted molar refractivity (Wildman–Crippen MR) is 79.7 cm³/mol. The molecule has 0 spiro atoms. The number of benzene rings is 1. The molecular formula is C13H16BrFN2O3S. The van der Waals surface area contributed by atoms with E-state index in [1.54, 1.807) is 7.05 Å². The summed E-state index contributed by atoms with van der Waals surface area (Å²) in [6, 6.07) is 2.10. The molecule has 0 aromatic heterocycles. The zero-order valence-corrected chi connectivity index (χ0v) is 14.0. The largest absolute Gasteiger partial charge is 0.341 e. The molecule has 5 nitrogen and oxygen atoms in total. The highest BCUT2D eigenvalue weighted by Gasteiger charge is 2.34. The Hall–Kier alpha value is -0.990. The molecule has 1 aliphatic carbocycles. The van der Waals surface area contributed by atoms with Gasteiger partial charge in [-0.1, -0.05) is 6.92 Å². The Morgan fingerprint density at radius 3 is 2.57 bits per heavy atom. The number of hydrogen-bond donors (Lipinski definition) is 1. The van der Waals surface area contributed by atoms with E-state index in [4.69, 9.17) is 5.14 Å². The third-order valence-electron chi connectivity index (χ3n) is 3.68. The van der Waals surface area contributed by atoms with Crippen LogP contribution in [-0.4, -0.2) is 32.8 Å². The molecule has 0 saturated heterocycles. The van der Waals surface area contributed by atoms with Crippen LogP contribution in [0.1, 0.15) is 23.7 Å². The quantitative estimate of drug-likeness (QED) is 0.869. The number of rotatable bonds is 4. The summed E-state index contributed by atoms with van der Waals surface area (Å²) in [7, 11) is -2.50. The lowest BCUT2D eigenvalue weighted by Crippen LogP contribution is -2.29. The van der Waals surface area contributed by atoms with Crippen LogP contribution in [0.5, 0.6) is 0 Å². The molecule has 1 aliphatic rings. The van der Waals surface area contributed by atoms with Crippen LogP contribution in [0.4, 0.5) is 4.39 Å². The smallest absolute Gasteiger partial charge is 0.253 e. The van der Waals surface area contributed by atoms with E-state index in [0.717, 1.165) is 18.6 Å². The van der Waals surface area contributed by atoms with E-state index < -0.39 is 26.6 Å². The Morgan fingerprint density at radius 1 is 1.52 bits per heavy atom. The molecule has 2 rings (SSSR count). The fourth-order valence-corrected chi connectivity index (χ4v) is 3.75. The van der Waals surface area contributed by atoms with E-state index in [-0.39, 0.29) is 10.0 Å². The van der Waals surface area contributed by atoms with Gasteiger partial charge in [-0.05, 0) is 46.3 Å². The summed E-state index contributed by atoms with van der Waals surface area (Å²) >= 11 is 2.84. The lowest BCUT2D eigenvalue weighted by molar-refractivity contribution is 0.0786. The maximum atomic E-state index is 13.8. The van der Waals surface area contributed by atoms with Crippen molar-refractivity contribution in [3.8, 4) is 0 Å². The van der Waals surface area contributed by atoms with E-state index in [2.05, 4.69) is 22.9 Å². The monoisotopic (exact) mass is 378 g/mol. The number of primary sulfonamides is 1. The highest BCUT2D eigenvalue weighted by atomic mass is 79.9. The molecule has 1 saturated carbocycles. The van der Waals surface area contributed by atoms with Crippen molar-refractivity contribution >= 4 is 31.9 Å². The highest BCUT2D eigenvalue weighted by Crippen LogP contribution is 2.38. The van der Waals surface area contributed by atoms with Gasteiger partial charge in [0, 0.05) is 19.2 Å². The maximum Gasteiger partial charge on any atom is 0.253 e. The second-order valence-corrected chi connectivity index (χ2v) is 7.80. The van der Waals surface area contributed by atoms with Crippen molar-refractivity contribution in [1.82, 2.24) is 4.90 Å². The Kier molecular flexibility index (Phi) is 4.41. The van der Waals surface area contributed by atoms with Gasteiger partial charge < -0.3 is 4.90 Å². The molecule has 1 fully saturated rings. The van der Waals surface area contributed by atoms with Crippen LogP contribution in [0.15, 0.2) is 21.5 Å². The molecule has 0 heterocycles. The maximum absolute atomic E-state index is 13.8. The molecule has 0 bridgehead atoms. The first-order chi connectivity index (χ1) is 9.61. The van der Waals surface area contributed by atoms with Crippen LogP contribution < -0.4 is 5.14 Å². The number of nitrogens with zero attached hydrogens (tertiary/aromatic N) is 1. The van der Waals surface area contributed by atoms with Crippen molar-refractivity contribution < 1.29 is 17.6 Å². The number of carbonyl (C=O) groups is 1. The van der Waals surface area contributed by atoms with Crippen LogP contribution >= 0.6 is 15.9 Å². The Bertz CT molecular complexity index is 693. The second-order valence-electron chi connectivity index (χ2n) is 5.47. The summed E-state index contributed by atoms with van der Waals surface area (Å²) in [6.07, 6.45) is 1.06. The minimum absolute atomic E-state index is 0.0319. The molecule has 0 radical (unpaired) electrons. The third kappa shape index (κ3) is 3.61. The summed E-state index contributed by atoms with van der Waals surface area (Å²) in [4.78, 5) is 13.3. The first kappa shape index (κ1) is 16.4. The van der Waals surface area contributed by atoms with Crippen LogP contribution in [0, 0.1) is 17.7 Å². The highest BCUT2D eigenvalue weighted by molar-refractivity contribution is 9.10. The van der Waals surface area contributed by atoms with Crippen molar-refractivity contribution in [2.45, 2.75) is 18.2 Å². The molecule has 116 valence electrons. The minimum atomic E-state index is -4.11. The molecular weight excluding hydrogens is 363 g/mol. The fraction of sp³-hybridized carbons (Fsp3) is 0.462. The fourth-order valence-electron chi connectivity index (χ4n) is 2.20. The van der Waals surface area contributed by atoms with Gasteiger partial charge >= 0.3 is 0 Å². The Morgan fingerprint density at radius 2 is 2.10 bits per heavy atom. The van der Waals surface area contributed by atoms with Gasteiger partial charge in [0.15, 0.2) is 0 Å². The van der Waals surface area contributed by atoms with Gasteiger partial charge in [0.2, 0.25) is 10.0 Å². The van der Waals surface area contributed by atoms with Crippen molar-refractivity contribution in [3.05, 3.63) is 28.0 Å². The molecule has 2 unspecified atom stereocenters. The number of hydrogen-bond acceptors (Lipinski definition) is 3. The van der Waals surface area contributed by atoms with E-state index in [0.29, 0.717) is 18.4 Å². The first-order valence-corrected chi connectivity index (χ1v) is 8.72. The molecule has 1 aromatic carbocycles. The Balaban J connectivity index is 2.31. The zero-order valence-electron chi connectivity index (χ0n) is 11.6. The molecule has 2 N–H and O–H groups in total. The lowest BCUT2D eigenvalue weighted by atomic mass is 10.2. The van der Waals surface area contributed by atoms with Gasteiger partial charge in [-0.3, -0.25) is 4.79 Å². The molecule has 1 amide bonds. The van der Waals surface area contributed by atoms with Crippen molar-refractivity contribution in [3.63, 3.8) is 0 Å². The second kappa shape index (κ2) is 5.66. The molecule has 21 heavy (non-hydrogen) atoms. The summed E-state index contributed by atoms with van der Waals surface area (Å²) in [5.74, 6) is -0.220. The number of amides is 1. The number of carbonyl (C=O) groups excluding carboxylic acids is 1. The van der Waals surface area contributed by atoms with Crippen molar-refractivity contribution in [2.24, 2.45) is 17.0 Å². The normalized spacial score (nSPS) is 21.2. The average molecular weight is 379 g/mol. The van der Waals surface area contributed by atoms with Crippen LogP contribution in [0.2, 0.25) is 0 Å². The average Bonchev–Trinajstić information content (AvgIpc) is 3.05. The predicted octanol–water partition coefficient (Wildman–Crippen LogP) is 1.96. The number of nitrogens with two attached hydrogens (primary N) is 1. The summed E-state index contributed by atoms with van der Waals surface area (Å²) in [6.45, 7) is 2.67. The SMILES string of the molecule is CC1CC1CN(C)C(=O)c1cc(F)c(Br)c(S(N)(=O)=O)c1. The van der Waals surface area contributed by atoms with Crippen LogP contribution in [0.3, 0.4) is 0 Å². The van der Waals surface area contributed by atoms with Gasteiger partial charge in [-0.15, -0.1) is 0 Å². The topological polar surface area (TPSA) is 80.5 Å². The van der Waals surface area contributed by atoms with Crippen molar-refractivity contribution in [1.29, 1.82) is 0 Å². The standard InChI is InChI=1S/C13H16BrFN2O3S/c1-7-3-9(7)6-17(2)13(18)8-4-10(15)12(14)11(5-8)21(16,19)20/h4-5,7,9H,3,6H2,1-2H3,(H2,16,19,20). The third-order valence-corrected chi connectivity index (χ3v) is 5.68. The van der Waals surface area contributed by atoms with E-state index >= 15 is 0 Å². The van der Waals surface area contributed by atoms with Crippen LogP contribution in [0.25, 0.3) is 0 Å². The van der Waals surface area contributed by atoms with Crippen molar-refractivity contribution in [2.75, 3.05) is 13.6 Å². The van der Waals surface area contributed by atoms with Gasteiger partial charge in [0.25, 0.3) is 5.91 Å². The minimum Gasteiger partial charge on any atom is -0.341 e. The van der Waals surface area contributed by atoms with E-state index in [1.807, 2.05) is 0 Å². The van der Waals surface area contributed by atoms with Gasteiger partial charge in [0.05, 0.1) is 9.37 Å². The van der Waals surface area contributed by atoms with Crippen LogP contribution in [-0.2, 0) is 10.0 Å². The Labute approximate surface area is 131 Å². The molecule has 0 aliphatic heterocycles. The van der Waals surface area contributed by atoms with Gasteiger partial charge in [-0.2, -0.15) is 0 Å². The molecule has 8 heteroatoms. The summed E-state index contributed by atoms with van der Waals surface area (Å²) < 4.78 is 36.4. The summed E-state index contributed by atoms with van der Waals surface area (Å²) in [5, 5.41) is 5.03. The van der Waals surface area contributed by atoms with E-state index in [1.165, 1.54) is 4.90 Å². The first-order valence-electron chi connectivity index (χ1n) is 6.38. The molecule has 2 atom stereocenters. The number of sulfonamides is 1. The van der Waals surface area contributed by atoms with E-state index in [9.17, 15) is 17.6 Å². The lowest BCUT2D eigenvalue weighted by Gasteiger charge is -2.18. The summed E-state index contributed by atoms with van der Waals surface area (Å²) in [5.41, 5.74) is -0.0319. The number of halogens is 2. The van der Waals surface area contributed by atoms with Gasteiger partial charge in [0.1, 0.15) is 5.82 Å². The molecule has 1 aromatic rings. The zero-order chi connectivity index (χ0) is 15.9.